The number of rotatable bonds is 5. The molecule has 0 spiro atoms. The quantitative estimate of drug-likeness (QED) is 0.366. The first-order chi connectivity index (χ1) is 13.8. The fourth-order valence-corrected chi connectivity index (χ4v) is 3.48. The van der Waals surface area contributed by atoms with Gasteiger partial charge >= 0.3 is 12.0 Å². The van der Waals surface area contributed by atoms with Crippen molar-refractivity contribution in [2.45, 2.75) is 20.8 Å². The van der Waals surface area contributed by atoms with Gasteiger partial charge in [-0.25, -0.2) is 9.59 Å². The van der Waals surface area contributed by atoms with Crippen molar-refractivity contribution < 1.29 is 19.1 Å². The van der Waals surface area contributed by atoms with Crippen LogP contribution < -0.4 is 5.32 Å². The first-order valence-corrected chi connectivity index (χ1v) is 9.12. The number of methoxy groups -OCH3 is 1. The maximum Gasteiger partial charge on any atom is 0.337 e. The largest absolute Gasteiger partial charge is 0.465 e. The fraction of sp³-hybridized carbons (Fsp3) is 0.227. The molecule has 150 valence electrons. The fourth-order valence-electron chi connectivity index (χ4n) is 3.48. The van der Waals surface area contributed by atoms with Crippen LogP contribution in [0.5, 0.6) is 0 Å². The summed E-state index contributed by atoms with van der Waals surface area (Å²) in [5.41, 5.74) is 5.25. The average Bonchev–Trinajstić information content (AvgIpc) is 3.11. The van der Waals surface area contributed by atoms with E-state index >= 15 is 0 Å². The number of aryl methyl sites for hydroxylation is 2. The highest BCUT2D eigenvalue weighted by molar-refractivity contribution is 6.14. The van der Waals surface area contributed by atoms with Crippen LogP contribution in [0.4, 0.5) is 4.79 Å². The van der Waals surface area contributed by atoms with E-state index in [1.807, 2.05) is 37.5 Å². The summed E-state index contributed by atoms with van der Waals surface area (Å²) in [7, 11) is 1.35. The molecule has 1 aromatic heterocycles. The van der Waals surface area contributed by atoms with Crippen LogP contribution in [0.15, 0.2) is 42.6 Å². The van der Waals surface area contributed by atoms with Gasteiger partial charge in [0.1, 0.15) is 5.70 Å². The number of esters is 1. The highest BCUT2D eigenvalue weighted by Gasteiger charge is 2.32. The first kappa shape index (κ1) is 20.1. The summed E-state index contributed by atoms with van der Waals surface area (Å²) in [6.45, 7) is 9.55. The summed E-state index contributed by atoms with van der Waals surface area (Å²) in [4.78, 5) is 37.3. The maximum absolute atomic E-state index is 12.4. The van der Waals surface area contributed by atoms with Gasteiger partial charge in [0.15, 0.2) is 0 Å². The number of carbonyl (C=O) groups excluding carboxylic acids is 3. The normalized spacial score (nSPS) is 15.0. The Balaban J connectivity index is 2.00. The molecule has 1 N–H and O–H groups in total. The van der Waals surface area contributed by atoms with Crippen molar-refractivity contribution in [1.82, 2.24) is 14.8 Å². The molecule has 2 aromatic rings. The Morgan fingerprint density at radius 2 is 1.93 bits per heavy atom. The Morgan fingerprint density at radius 3 is 2.55 bits per heavy atom. The van der Waals surface area contributed by atoms with E-state index in [4.69, 9.17) is 4.74 Å². The third kappa shape index (κ3) is 3.59. The number of carbonyl (C=O) groups is 3. The second-order valence-electron chi connectivity index (χ2n) is 6.85. The van der Waals surface area contributed by atoms with Crippen molar-refractivity contribution in [1.29, 1.82) is 0 Å². The van der Waals surface area contributed by atoms with Crippen LogP contribution >= 0.6 is 0 Å². The molecule has 1 fully saturated rings. The minimum Gasteiger partial charge on any atom is -0.465 e. The number of nitrogens with one attached hydrogen (secondary N) is 1. The van der Waals surface area contributed by atoms with E-state index in [2.05, 4.69) is 11.9 Å². The maximum atomic E-state index is 12.4. The van der Waals surface area contributed by atoms with Crippen LogP contribution in [0.3, 0.4) is 0 Å². The minimum absolute atomic E-state index is 0.159. The second kappa shape index (κ2) is 7.79. The molecule has 0 radical (unpaired) electrons. The lowest BCUT2D eigenvalue weighted by atomic mass is 10.1. The number of benzene rings is 1. The van der Waals surface area contributed by atoms with Gasteiger partial charge in [0.05, 0.1) is 12.7 Å². The molecule has 0 saturated carbocycles. The number of amides is 3. The molecule has 0 atom stereocenters. The smallest absolute Gasteiger partial charge is 0.337 e. The van der Waals surface area contributed by atoms with Gasteiger partial charge in [-0.1, -0.05) is 6.08 Å². The minimum atomic E-state index is -0.454. The molecule has 1 aliphatic rings. The summed E-state index contributed by atoms with van der Waals surface area (Å²) in [5.74, 6) is -0.760. The van der Waals surface area contributed by atoms with Gasteiger partial charge in [0, 0.05) is 23.6 Å². The Labute approximate surface area is 169 Å². The molecule has 0 bridgehead atoms. The average molecular weight is 393 g/mol. The molecule has 1 saturated heterocycles. The molecule has 0 aliphatic carbocycles. The molecular formula is C22H23N3O4. The summed E-state index contributed by atoms with van der Waals surface area (Å²) in [5, 5.41) is 2.61. The summed E-state index contributed by atoms with van der Waals surface area (Å²) < 4.78 is 6.82. The molecule has 7 nitrogen and oxygen atoms in total. The molecule has 2 heterocycles. The van der Waals surface area contributed by atoms with Crippen molar-refractivity contribution in [2.75, 3.05) is 13.7 Å². The van der Waals surface area contributed by atoms with Crippen molar-refractivity contribution >= 4 is 24.0 Å². The second-order valence-corrected chi connectivity index (χ2v) is 6.85. The third-order valence-electron chi connectivity index (χ3n) is 4.90. The zero-order chi connectivity index (χ0) is 21.3. The molecule has 7 heteroatoms. The lowest BCUT2D eigenvalue weighted by molar-refractivity contribution is -0.122. The van der Waals surface area contributed by atoms with Gasteiger partial charge in [0.25, 0.3) is 5.91 Å². The van der Waals surface area contributed by atoms with E-state index in [1.165, 1.54) is 13.2 Å². The molecular weight excluding hydrogens is 370 g/mol. The van der Waals surface area contributed by atoms with E-state index in [-0.39, 0.29) is 24.1 Å². The van der Waals surface area contributed by atoms with E-state index in [1.54, 1.807) is 18.2 Å². The van der Waals surface area contributed by atoms with Crippen molar-refractivity contribution in [2.24, 2.45) is 0 Å². The molecule has 1 aromatic carbocycles. The molecule has 3 rings (SSSR count). The van der Waals surface area contributed by atoms with Gasteiger partial charge in [-0.05, 0) is 62.2 Å². The van der Waals surface area contributed by atoms with Crippen molar-refractivity contribution in [3.8, 4) is 5.69 Å². The van der Waals surface area contributed by atoms with E-state index in [0.717, 1.165) is 33.1 Å². The standard InChI is InChI=1S/C22H23N3O4/c1-6-9-24-20(26)18(23-22(24)28)12-17-11-14(3)25(15(17)4)19-8-7-16(10-13(19)2)21(27)29-5/h6-8,10-12H,1,9H2,2-5H3,(H,23,28)/b18-12+. The van der Waals surface area contributed by atoms with Crippen LogP contribution in [0.1, 0.15) is 32.9 Å². The van der Waals surface area contributed by atoms with Gasteiger partial charge in [-0.15, -0.1) is 6.58 Å². The molecule has 1 aliphatic heterocycles. The van der Waals surface area contributed by atoms with E-state index in [9.17, 15) is 14.4 Å². The Morgan fingerprint density at radius 1 is 1.21 bits per heavy atom. The highest BCUT2D eigenvalue weighted by atomic mass is 16.5. The number of ether oxygens (including phenoxy) is 1. The summed E-state index contributed by atoms with van der Waals surface area (Å²) in [6.07, 6.45) is 3.19. The number of hydrogen-bond donors (Lipinski definition) is 1. The SMILES string of the molecule is C=CCN1C(=O)N/C(=C/c2cc(C)n(-c3ccc(C(=O)OC)cc3C)c2C)C1=O. The highest BCUT2D eigenvalue weighted by Crippen LogP contribution is 2.26. The van der Waals surface area contributed by atoms with Gasteiger partial charge in [0.2, 0.25) is 0 Å². The predicted octanol–water partition coefficient (Wildman–Crippen LogP) is 3.27. The topological polar surface area (TPSA) is 80.6 Å². The van der Waals surface area contributed by atoms with Gasteiger partial charge < -0.3 is 14.6 Å². The third-order valence-corrected chi connectivity index (χ3v) is 4.90. The number of urea groups is 1. The van der Waals surface area contributed by atoms with E-state index in [0.29, 0.717) is 5.56 Å². The predicted molar refractivity (Wildman–Crippen MR) is 110 cm³/mol. The number of hydrogen-bond acceptors (Lipinski definition) is 4. The number of aromatic nitrogens is 1. The Kier molecular flexibility index (Phi) is 5.41. The lowest BCUT2D eigenvalue weighted by Gasteiger charge is -2.14. The van der Waals surface area contributed by atoms with Gasteiger partial charge in [-0.2, -0.15) is 0 Å². The summed E-state index contributed by atoms with van der Waals surface area (Å²) in [6, 6.07) is 6.87. The Hall–Kier alpha value is -3.61. The van der Waals surface area contributed by atoms with Crippen molar-refractivity contribution in [3.63, 3.8) is 0 Å². The van der Waals surface area contributed by atoms with Crippen LogP contribution in [-0.2, 0) is 9.53 Å². The zero-order valence-electron chi connectivity index (χ0n) is 16.9. The van der Waals surface area contributed by atoms with Crippen LogP contribution in [0.25, 0.3) is 11.8 Å². The monoisotopic (exact) mass is 393 g/mol. The number of imide groups is 1. The molecule has 3 amide bonds. The van der Waals surface area contributed by atoms with E-state index < -0.39 is 6.03 Å². The lowest BCUT2D eigenvalue weighted by Crippen LogP contribution is -2.30. The van der Waals surface area contributed by atoms with Crippen molar-refractivity contribution in [3.05, 3.63) is 70.7 Å². The van der Waals surface area contributed by atoms with Crippen LogP contribution in [0.2, 0.25) is 0 Å². The van der Waals surface area contributed by atoms with Crippen LogP contribution in [-0.4, -0.2) is 41.0 Å². The molecule has 0 unspecified atom stereocenters. The number of nitrogens with zero attached hydrogens (tertiary/aromatic N) is 2. The zero-order valence-corrected chi connectivity index (χ0v) is 16.9. The molecule has 29 heavy (non-hydrogen) atoms. The first-order valence-electron chi connectivity index (χ1n) is 9.12. The van der Waals surface area contributed by atoms with Gasteiger partial charge in [-0.3, -0.25) is 9.69 Å². The Bertz CT molecular complexity index is 1060. The van der Waals surface area contributed by atoms with Crippen LogP contribution in [0, 0.1) is 20.8 Å². The summed E-state index contributed by atoms with van der Waals surface area (Å²) >= 11 is 0.